The van der Waals surface area contributed by atoms with E-state index in [-0.39, 0.29) is 5.92 Å². The van der Waals surface area contributed by atoms with Gasteiger partial charge in [-0.2, -0.15) is 0 Å². The summed E-state index contributed by atoms with van der Waals surface area (Å²) >= 11 is 0. The molecular weight excluding hydrogens is 318 g/mol. The summed E-state index contributed by atoms with van der Waals surface area (Å²) in [5.41, 5.74) is 2.36. The number of fused-ring (bicyclic) bond motifs is 1. The second-order valence-electron chi connectivity index (χ2n) is 5.19. The number of hydrogen-bond acceptors (Lipinski definition) is 8. The molecule has 3 rings (SSSR count). The molecule has 0 bridgehead atoms. The topological polar surface area (TPSA) is 109 Å². The van der Waals surface area contributed by atoms with E-state index in [0.29, 0.717) is 17.5 Å². The second-order valence-corrected chi connectivity index (χ2v) is 5.19. The number of nitrogens with zero attached hydrogens (tertiary/aromatic N) is 5. The molecule has 1 unspecified atom stereocenters. The van der Waals surface area contributed by atoms with Crippen LogP contribution < -0.4 is 10.1 Å². The van der Waals surface area contributed by atoms with Crippen LogP contribution in [0.2, 0.25) is 0 Å². The SMILES string of the molecule is CN=CC(C=N)c1cnc2ccc(Nc3ccc(OC)nn3)nc2c1. The largest absolute Gasteiger partial charge is 0.480 e. The van der Waals surface area contributed by atoms with Gasteiger partial charge in [-0.3, -0.25) is 9.98 Å². The van der Waals surface area contributed by atoms with Crippen molar-refractivity contribution < 1.29 is 4.74 Å². The first-order valence-corrected chi connectivity index (χ1v) is 7.58. The standard InChI is InChI=1S/C17H17N7O/c1-19-9-12(8-18)11-7-14-13(20-10-11)3-4-15(21-14)22-16-5-6-17(25-2)24-23-16/h3-10,12,18H,1-2H3,(H,21,22,23). The summed E-state index contributed by atoms with van der Waals surface area (Å²) in [5, 5.41) is 18.6. The van der Waals surface area contributed by atoms with Crippen molar-refractivity contribution in [2.24, 2.45) is 4.99 Å². The van der Waals surface area contributed by atoms with Gasteiger partial charge in [0.2, 0.25) is 5.88 Å². The zero-order valence-corrected chi connectivity index (χ0v) is 13.8. The van der Waals surface area contributed by atoms with Crippen molar-refractivity contribution in [1.82, 2.24) is 20.2 Å². The van der Waals surface area contributed by atoms with Gasteiger partial charge in [0.05, 0.1) is 24.1 Å². The summed E-state index contributed by atoms with van der Waals surface area (Å²) in [4.78, 5) is 13.0. The van der Waals surface area contributed by atoms with E-state index in [9.17, 15) is 0 Å². The third-order valence-corrected chi connectivity index (χ3v) is 3.54. The van der Waals surface area contributed by atoms with Crippen LogP contribution in [0.4, 0.5) is 11.6 Å². The number of rotatable bonds is 6. The molecule has 0 aliphatic carbocycles. The Kier molecular flexibility index (Phi) is 4.89. The van der Waals surface area contributed by atoms with E-state index >= 15 is 0 Å². The number of aromatic nitrogens is 4. The molecule has 126 valence electrons. The first-order chi connectivity index (χ1) is 12.2. The van der Waals surface area contributed by atoms with Gasteiger partial charge in [-0.25, -0.2) is 4.98 Å². The number of pyridine rings is 2. The maximum atomic E-state index is 7.53. The Morgan fingerprint density at radius 3 is 2.68 bits per heavy atom. The molecule has 0 aliphatic rings. The quantitative estimate of drug-likeness (QED) is 0.670. The van der Waals surface area contributed by atoms with Gasteiger partial charge in [-0.05, 0) is 29.8 Å². The fraction of sp³-hybridized carbons (Fsp3) is 0.176. The molecule has 3 aromatic rings. The predicted molar refractivity (Wildman–Crippen MR) is 97.3 cm³/mol. The van der Waals surface area contributed by atoms with Crippen molar-refractivity contribution in [3.8, 4) is 5.88 Å². The zero-order chi connectivity index (χ0) is 17.6. The van der Waals surface area contributed by atoms with E-state index in [4.69, 9.17) is 10.1 Å². The van der Waals surface area contributed by atoms with E-state index in [1.807, 2.05) is 18.2 Å². The van der Waals surface area contributed by atoms with Gasteiger partial charge < -0.3 is 15.5 Å². The Morgan fingerprint density at radius 1 is 1.16 bits per heavy atom. The molecular formula is C17H17N7O. The highest BCUT2D eigenvalue weighted by Crippen LogP contribution is 2.20. The van der Waals surface area contributed by atoms with Gasteiger partial charge in [0, 0.05) is 31.7 Å². The highest BCUT2D eigenvalue weighted by molar-refractivity contribution is 5.90. The number of methoxy groups -OCH3 is 1. The van der Waals surface area contributed by atoms with Crippen molar-refractivity contribution >= 4 is 35.1 Å². The minimum atomic E-state index is -0.215. The normalized spacial score (nSPS) is 12.2. The lowest BCUT2D eigenvalue weighted by Gasteiger charge is -2.09. The number of ether oxygens (including phenoxy) is 1. The fourth-order valence-corrected chi connectivity index (χ4v) is 2.29. The van der Waals surface area contributed by atoms with E-state index < -0.39 is 0 Å². The van der Waals surface area contributed by atoms with E-state index in [0.717, 1.165) is 16.6 Å². The summed E-state index contributed by atoms with van der Waals surface area (Å²) in [6.45, 7) is 0. The summed E-state index contributed by atoms with van der Waals surface area (Å²) in [7, 11) is 3.22. The molecule has 25 heavy (non-hydrogen) atoms. The third kappa shape index (κ3) is 3.74. The molecule has 3 aromatic heterocycles. The molecule has 0 radical (unpaired) electrons. The van der Waals surface area contributed by atoms with Gasteiger partial charge in [0.1, 0.15) is 5.82 Å². The minimum absolute atomic E-state index is 0.215. The zero-order valence-electron chi connectivity index (χ0n) is 13.8. The predicted octanol–water partition coefficient (Wildman–Crippen LogP) is 2.61. The number of aliphatic imine (C=N–C) groups is 1. The molecule has 0 saturated heterocycles. The van der Waals surface area contributed by atoms with E-state index in [1.54, 1.807) is 31.6 Å². The van der Waals surface area contributed by atoms with E-state index in [2.05, 4.69) is 30.5 Å². The molecule has 0 fully saturated rings. The van der Waals surface area contributed by atoms with Crippen LogP contribution in [0, 0.1) is 5.41 Å². The van der Waals surface area contributed by atoms with Crippen LogP contribution in [0.25, 0.3) is 11.0 Å². The van der Waals surface area contributed by atoms with Crippen LogP contribution in [0.3, 0.4) is 0 Å². The lowest BCUT2D eigenvalue weighted by atomic mass is 10.0. The number of nitrogens with one attached hydrogen (secondary N) is 2. The third-order valence-electron chi connectivity index (χ3n) is 3.54. The Morgan fingerprint density at radius 2 is 2.00 bits per heavy atom. The van der Waals surface area contributed by atoms with Crippen LogP contribution in [0.5, 0.6) is 5.88 Å². The van der Waals surface area contributed by atoms with Gasteiger partial charge >= 0.3 is 0 Å². The van der Waals surface area contributed by atoms with Gasteiger partial charge in [0.15, 0.2) is 5.82 Å². The van der Waals surface area contributed by atoms with Crippen molar-refractivity contribution in [3.63, 3.8) is 0 Å². The van der Waals surface area contributed by atoms with Crippen molar-refractivity contribution in [2.75, 3.05) is 19.5 Å². The maximum absolute atomic E-state index is 7.53. The molecule has 8 nitrogen and oxygen atoms in total. The average molecular weight is 335 g/mol. The Hall–Kier alpha value is -3.42. The molecule has 0 aliphatic heterocycles. The summed E-state index contributed by atoms with van der Waals surface area (Å²) < 4.78 is 4.99. The van der Waals surface area contributed by atoms with Crippen LogP contribution in [-0.2, 0) is 0 Å². The first kappa shape index (κ1) is 16.4. The smallest absolute Gasteiger partial charge is 0.233 e. The van der Waals surface area contributed by atoms with Crippen molar-refractivity contribution in [2.45, 2.75) is 5.92 Å². The Balaban J connectivity index is 1.90. The van der Waals surface area contributed by atoms with Crippen LogP contribution in [0.1, 0.15) is 11.5 Å². The van der Waals surface area contributed by atoms with Crippen molar-refractivity contribution in [1.29, 1.82) is 5.41 Å². The molecule has 0 amide bonds. The van der Waals surface area contributed by atoms with Crippen LogP contribution >= 0.6 is 0 Å². The molecule has 0 spiro atoms. The Bertz CT molecular complexity index is 909. The lowest BCUT2D eigenvalue weighted by molar-refractivity contribution is 0.392. The Labute approximate surface area is 144 Å². The molecule has 1 atom stereocenters. The molecule has 3 heterocycles. The minimum Gasteiger partial charge on any atom is -0.480 e. The lowest BCUT2D eigenvalue weighted by Crippen LogP contribution is -2.03. The van der Waals surface area contributed by atoms with Gasteiger partial charge in [-0.15, -0.1) is 10.2 Å². The van der Waals surface area contributed by atoms with Crippen molar-refractivity contribution in [3.05, 3.63) is 42.1 Å². The monoisotopic (exact) mass is 335 g/mol. The second kappa shape index (κ2) is 7.43. The molecule has 0 aromatic carbocycles. The highest BCUT2D eigenvalue weighted by Gasteiger charge is 2.09. The molecule has 8 heteroatoms. The van der Waals surface area contributed by atoms with Gasteiger partial charge in [-0.1, -0.05) is 0 Å². The maximum Gasteiger partial charge on any atom is 0.233 e. The average Bonchev–Trinajstić information content (AvgIpc) is 2.66. The van der Waals surface area contributed by atoms with Crippen LogP contribution in [-0.4, -0.2) is 46.8 Å². The summed E-state index contributed by atoms with van der Waals surface area (Å²) in [6.07, 6.45) is 4.76. The van der Waals surface area contributed by atoms with Gasteiger partial charge in [0.25, 0.3) is 0 Å². The fourth-order valence-electron chi connectivity index (χ4n) is 2.29. The highest BCUT2D eigenvalue weighted by atomic mass is 16.5. The number of hydrogen-bond donors (Lipinski definition) is 2. The summed E-state index contributed by atoms with van der Waals surface area (Å²) in [5.74, 6) is 1.42. The molecule has 2 N–H and O–H groups in total. The molecule has 0 saturated carbocycles. The summed E-state index contributed by atoms with van der Waals surface area (Å²) in [6, 6.07) is 9.08. The first-order valence-electron chi connectivity index (χ1n) is 7.58. The van der Waals surface area contributed by atoms with E-state index in [1.165, 1.54) is 13.3 Å². The van der Waals surface area contributed by atoms with Crippen LogP contribution in [0.15, 0.2) is 41.5 Å². The number of anilines is 2.